The van der Waals surface area contributed by atoms with Crippen molar-refractivity contribution in [2.24, 2.45) is 5.92 Å². The zero-order valence-corrected chi connectivity index (χ0v) is 11.1. The average molecular weight is 238 g/mol. The molecule has 0 aromatic heterocycles. The van der Waals surface area contributed by atoms with E-state index in [4.69, 9.17) is 10.1 Å². The number of rotatable bonds is 3. The molecule has 1 aliphatic carbocycles. The van der Waals surface area contributed by atoms with Crippen molar-refractivity contribution in [3.8, 4) is 0 Å². The van der Waals surface area contributed by atoms with Gasteiger partial charge in [0.2, 0.25) is 0 Å². The lowest BCUT2D eigenvalue weighted by atomic mass is 9.87. The van der Waals surface area contributed by atoms with Crippen LogP contribution in [0, 0.1) is 11.3 Å². The van der Waals surface area contributed by atoms with Crippen molar-refractivity contribution in [1.82, 2.24) is 4.90 Å². The van der Waals surface area contributed by atoms with Crippen molar-refractivity contribution in [1.29, 1.82) is 5.41 Å². The Morgan fingerprint density at radius 3 is 2.65 bits per heavy atom. The van der Waals surface area contributed by atoms with Crippen LogP contribution in [0.2, 0.25) is 0 Å². The highest BCUT2D eigenvalue weighted by atomic mass is 16.5. The number of ether oxygens (including phenoxy) is 1. The smallest absolute Gasteiger partial charge is 0.0990 e. The molecule has 1 heterocycles. The highest BCUT2D eigenvalue weighted by Crippen LogP contribution is 2.27. The molecule has 0 aromatic rings. The van der Waals surface area contributed by atoms with Gasteiger partial charge in [0, 0.05) is 25.6 Å². The van der Waals surface area contributed by atoms with Crippen LogP contribution in [-0.2, 0) is 4.74 Å². The second-order valence-electron chi connectivity index (χ2n) is 5.39. The van der Waals surface area contributed by atoms with Crippen molar-refractivity contribution in [2.45, 2.75) is 58.0 Å². The molecule has 1 unspecified atom stereocenters. The van der Waals surface area contributed by atoms with E-state index in [1.54, 1.807) is 0 Å². The first kappa shape index (κ1) is 12.9. The third-order valence-corrected chi connectivity index (χ3v) is 4.11. The molecule has 1 saturated carbocycles. The maximum Gasteiger partial charge on any atom is 0.0990 e. The summed E-state index contributed by atoms with van der Waals surface area (Å²) in [7, 11) is 0. The second-order valence-corrected chi connectivity index (χ2v) is 5.39. The summed E-state index contributed by atoms with van der Waals surface area (Å²) in [4.78, 5) is 2.28. The summed E-state index contributed by atoms with van der Waals surface area (Å²) >= 11 is 0. The van der Waals surface area contributed by atoms with E-state index in [-0.39, 0.29) is 0 Å². The molecule has 0 radical (unpaired) electrons. The molecule has 1 saturated heterocycles. The third kappa shape index (κ3) is 3.44. The van der Waals surface area contributed by atoms with Crippen molar-refractivity contribution in [3.63, 3.8) is 0 Å². The van der Waals surface area contributed by atoms with Crippen LogP contribution >= 0.6 is 0 Å². The lowest BCUT2D eigenvalue weighted by Gasteiger charge is -2.37. The maximum atomic E-state index is 8.37. The predicted octanol–water partition coefficient (Wildman–Crippen LogP) is 3.04. The summed E-state index contributed by atoms with van der Waals surface area (Å²) in [5.74, 6) is 1.43. The minimum Gasteiger partial charge on any atom is -0.377 e. The van der Waals surface area contributed by atoms with Crippen molar-refractivity contribution >= 4 is 5.84 Å². The van der Waals surface area contributed by atoms with E-state index in [2.05, 4.69) is 11.8 Å². The van der Waals surface area contributed by atoms with Gasteiger partial charge >= 0.3 is 0 Å². The van der Waals surface area contributed by atoms with E-state index in [0.29, 0.717) is 12.0 Å². The minimum atomic E-state index is 0.359. The van der Waals surface area contributed by atoms with Gasteiger partial charge in [0.05, 0.1) is 11.9 Å². The van der Waals surface area contributed by atoms with Crippen LogP contribution in [0.3, 0.4) is 0 Å². The SMILES string of the molecule is CCOC1CCCN(C(=N)C2CCCCC2)C1. The van der Waals surface area contributed by atoms with Gasteiger partial charge < -0.3 is 9.64 Å². The molecule has 3 heteroatoms. The zero-order valence-electron chi connectivity index (χ0n) is 11.1. The van der Waals surface area contributed by atoms with E-state index in [1.165, 1.54) is 44.9 Å². The van der Waals surface area contributed by atoms with Crippen LogP contribution in [-0.4, -0.2) is 36.5 Å². The fourth-order valence-corrected chi connectivity index (χ4v) is 3.16. The van der Waals surface area contributed by atoms with Crippen LogP contribution in [0.15, 0.2) is 0 Å². The fraction of sp³-hybridized carbons (Fsp3) is 0.929. The molecule has 1 aliphatic heterocycles. The molecule has 1 atom stereocenters. The van der Waals surface area contributed by atoms with Gasteiger partial charge in [0.1, 0.15) is 0 Å². The molecule has 0 amide bonds. The molecule has 0 spiro atoms. The predicted molar refractivity (Wildman–Crippen MR) is 70.5 cm³/mol. The van der Waals surface area contributed by atoms with Gasteiger partial charge in [-0.1, -0.05) is 19.3 Å². The highest BCUT2D eigenvalue weighted by molar-refractivity contribution is 5.81. The first-order valence-corrected chi connectivity index (χ1v) is 7.26. The number of hydrogen-bond acceptors (Lipinski definition) is 2. The number of amidine groups is 1. The Balaban J connectivity index is 1.85. The summed E-state index contributed by atoms with van der Waals surface area (Å²) in [6.45, 7) is 4.88. The van der Waals surface area contributed by atoms with Crippen molar-refractivity contribution in [2.75, 3.05) is 19.7 Å². The molecule has 98 valence electrons. The normalized spacial score (nSPS) is 27.1. The number of hydrogen-bond donors (Lipinski definition) is 1. The minimum absolute atomic E-state index is 0.359. The molecule has 1 N–H and O–H groups in total. The molecule has 3 nitrogen and oxygen atoms in total. The van der Waals surface area contributed by atoms with Gasteiger partial charge in [0.25, 0.3) is 0 Å². The Labute approximate surface area is 105 Å². The first-order valence-electron chi connectivity index (χ1n) is 7.26. The summed E-state index contributed by atoms with van der Waals surface area (Å²) < 4.78 is 5.71. The number of piperidine rings is 1. The average Bonchev–Trinajstić information content (AvgIpc) is 2.40. The van der Waals surface area contributed by atoms with Gasteiger partial charge in [-0.3, -0.25) is 5.41 Å². The van der Waals surface area contributed by atoms with Gasteiger partial charge in [-0.25, -0.2) is 0 Å². The summed E-state index contributed by atoms with van der Waals surface area (Å²) in [5, 5.41) is 8.37. The van der Waals surface area contributed by atoms with E-state index < -0.39 is 0 Å². The van der Waals surface area contributed by atoms with Crippen LogP contribution in [0.25, 0.3) is 0 Å². The fourth-order valence-electron chi connectivity index (χ4n) is 3.16. The Bertz CT molecular complexity index is 247. The van der Waals surface area contributed by atoms with E-state index in [1.807, 2.05) is 0 Å². The van der Waals surface area contributed by atoms with Gasteiger partial charge in [-0.2, -0.15) is 0 Å². The van der Waals surface area contributed by atoms with Gasteiger partial charge in [-0.05, 0) is 32.6 Å². The van der Waals surface area contributed by atoms with Gasteiger partial charge in [0.15, 0.2) is 0 Å². The summed E-state index contributed by atoms with van der Waals surface area (Å²) in [6.07, 6.45) is 9.17. The summed E-state index contributed by atoms with van der Waals surface area (Å²) in [5.41, 5.74) is 0. The van der Waals surface area contributed by atoms with Crippen LogP contribution < -0.4 is 0 Å². The quantitative estimate of drug-likeness (QED) is 0.606. The topological polar surface area (TPSA) is 36.3 Å². The monoisotopic (exact) mass is 238 g/mol. The standard InChI is InChI=1S/C14H26N2O/c1-2-17-13-9-6-10-16(11-13)14(15)12-7-4-3-5-8-12/h12-13,15H,2-11H2,1H3. The number of likely N-dealkylation sites (tertiary alicyclic amines) is 1. The van der Waals surface area contributed by atoms with Crippen LogP contribution in [0.1, 0.15) is 51.9 Å². The maximum absolute atomic E-state index is 8.37. The molecule has 2 rings (SSSR count). The first-order chi connectivity index (χ1) is 8.31. The van der Waals surface area contributed by atoms with Crippen LogP contribution in [0.5, 0.6) is 0 Å². The Hall–Kier alpha value is -0.570. The lowest BCUT2D eigenvalue weighted by molar-refractivity contribution is 0.0220. The Kier molecular flexibility index (Phi) is 4.84. The summed E-state index contributed by atoms with van der Waals surface area (Å²) in [6, 6.07) is 0. The molecular formula is C14H26N2O. The Morgan fingerprint density at radius 2 is 1.94 bits per heavy atom. The van der Waals surface area contributed by atoms with E-state index in [0.717, 1.165) is 25.5 Å². The third-order valence-electron chi connectivity index (χ3n) is 4.11. The van der Waals surface area contributed by atoms with Gasteiger partial charge in [-0.15, -0.1) is 0 Å². The van der Waals surface area contributed by atoms with Crippen molar-refractivity contribution < 1.29 is 4.74 Å². The molecular weight excluding hydrogens is 212 g/mol. The van der Waals surface area contributed by atoms with E-state index >= 15 is 0 Å². The molecule has 2 aliphatic rings. The lowest BCUT2D eigenvalue weighted by Crippen LogP contribution is -2.45. The zero-order chi connectivity index (χ0) is 12.1. The molecule has 17 heavy (non-hydrogen) atoms. The second kappa shape index (κ2) is 6.39. The highest BCUT2D eigenvalue weighted by Gasteiger charge is 2.27. The molecule has 2 fully saturated rings. The van der Waals surface area contributed by atoms with Crippen molar-refractivity contribution in [3.05, 3.63) is 0 Å². The molecule has 0 aromatic carbocycles. The van der Waals surface area contributed by atoms with E-state index in [9.17, 15) is 0 Å². The Morgan fingerprint density at radius 1 is 1.18 bits per heavy atom. The number of nitrogens with one attached hydrogen (secondary N) is 1. The van der Waals surface area contributed by atoms with Crippen LogP contribution in [0.4, 0.5) is 0 Å². The molecule has 0 bridgehead atoms. The largest absolute Gasteiger partial charge is 0.377 e. The number of nitrogens with zero attached hydrogens (tertiary/aromatic N) is 1.